The molecule has 1 heterocycles. The minimum atomic E-state index is -0.905. The van der Waals surface area contributed by atoms with Gasteiger partial charge in [0.1, 0.15) is 22.9 Å². The number of hydrogen-bond donors (Lipinski definition) is 2. The van der Waals surface area contributed by atoms with Crippen LogP contribution in [0.1, 0.15) is 50.7 Å². The average molecular weight is 469 g/mol. The van der Waals surface area contributed by atoms with E-state index in [4.69, 9.17) is 10.5 Å². The number of hydrogen-bond acceptors (Lipinski definition) is 6. The van der Waals surface area contributed by atoms with Crippen molar-refractivity contribution in [2.24, 2.45) is 5.73 Å². The molecule has 1 amide bonds. The van der Waals surface area contributed by atoms with Crippen LogP contribution in [0.2, 0.25) is 0 Å². The van der Waals surface area contributed by atoms with Gasteiger partial charge in [0.2, 0.25) is 0 Å². The Kier molecular flexibility index (Phi) is 6.67. The van der Waals surface area contributed by atoms with Crippen LogP contribution in [0.3, 0.4) is 0 Å². The quantitative estimate of drug-likeness (QED) is 0.499. The summed E-state index contributed by atoms with van der Waals surface area (Å²) in [5.74, 6) is -2.87. The Bertz CT molecular complexity index is 1220. The van der Waals surface area contributed by atoms with Crippen molar-refractivity contribution >= 4 is 23.3 Å². The van der Waals surface area contributed by atoms with E-state index in [1.807, 2.05) is 0 Å². The molecule has 1 aromatic heterocycles. The van der Waals surface area contributed by atoms with E-state index in [1.54, 1.807) is 58.9 Å². The first-order chi connectivity index (χ1) is 15.8. The van der Waals surface area contributed by atoms with Gasteiger partial charge in [-0.15, -0.1) is 10.2 Å². The van der Waals surface area contributed by atoms with Crippen molar-refractivity contribution in [3.63, 3.8) is 0 Å². The summed E-state index contributed by atoms with van der Waals surface area (Å²) in [4.78, 5) is 24.5. The Balaban J connectivity index is 1.93. The highest BCUT2D eigenvalue weighted by Crippen LogP contribution is 2.31. The molecule has 0 atom stereocenters. The number of carbonyl (C=O) groups is 2. The van der Waals surface area contributed by atoms with Gasteiger partial charge in [-0.05, 0) is 70.5 Å². The van der Waals surface area contributed by atoms with Crippen LogP contribution in [-0.2, 0) is 14.9 Å². The van der Waals surface area contributed by atoms with E-state index in [9.17, 15) is 18.4 Å². The van der Waals surface area contributed by atoms with Gasteiger partial charge in [0.05, 0.1) is 16.7 Å². The first-order valence-electron chi connectivity index (χ1n) is 10.5. The zero-order valence-corrected chi connectivity index (χ0v) is 19.6. The molecule has 0 bridgehead atoms. The second-order valence-electron chi connectivity index (χ2n) is 9.28. The van der Waals surface area contributed by atoms with E-state index >= 15 is 0 Å². The lowest BCUT2D eigenvalue weighted by molar-refractivity contribution is -0.160. The van der Waals surface area contributed by atoms with Crippen LogP contribution in [0.15, 0.2) is 48.5 Å². The predicted octanol–water partition coefficient (Wildman–Crippen LogP) is 4.88. The van der Waals surface area contributed by atoms with Crippen LogP contribution in [0.5, 0.6) is 0 Å². The van der Waals surface area contributed by atoms with Crippen molar-refractivity contribution < 1.29 is 23.1 Å². The predicted molar refractivity (Wildman–Crippen MR) is 124 cm³/mol. The van der Waals surface area contributed by atoms with Gasteiger partial charge in [-0.2, -0.15) is 0 Å². The smallest absolute Gasteiger partial charge is 0.316 e. The summed E-state index contributed by atoms with van der Waals surface area (Å²) in [6.45, 7) is 8.92. The van der Waals surface area contributed by atoms with E-state index in [-0.39, 0.29) is 28.6 Å². The van der Waals surface area contributed by atoms with Gasteiger partial charge < -0.3 is 15.8 Å². The zero-order valence-electron chi connectivity index (χ0n) is 19.6. The molecule has 0 aliphatic carbocycles. The lowest BCUT2D eigenvalue weighted by Gasteiger charge is -2.29. The summed E-state index contributed by atoms with van der Waals surface area (Å²) in [5, 5.41) is 10.5. The number of nitrogens with zero attached hydrogens (tertiary/aromatic N) is 2. The molecule has 0 unspecified atom stereocenters. The topological polar surface area (TPSA) is 107 Å². The Morgan fingerprint density at radius 2 is 1.53 bits per heavy atom. The van der Waals surface area contributed by atoms with Crippen LogP contribution in [-0.4, -0.2) is 27.7 Å². The highest BCUT2D eigenvalue weighted by molar-refractivity contribution is 5.97. The molecule has 3 rings (SSSR count). The minimum absolute atomic E-state index is 0.106. The number of halogens is 2. The van der Waals surface area contributed by atoms with Crippen molar-refractivity contribution in [1.82, 2.24) is 10.2 Å². The van der Waals surface area contributed by atoms with Crippen molar-refractivity contribution in [2.75, 3.05) is 5.32 Å². The van der Waals surface area contributed by atoms with Gasteiger partial charge in [-0.25, -0.2) is 8.78 Å². The average Bonchev–Trinajstić information content (AvgIpc) is 2.73. The lowest BCUT2D eigenvalue weighted by Crippen LogP contribution is -2.36. The summed E-state index contributed by atoms with van der Waals surface area (Å²) in [5.41, 5.74) is 4.57. The zero-order chi connectivity index (χ0) is 25.3. The summed E-state index contributed by atoms with van der Waals surface area (Å²) >= 11 is 0. The molecule has 0 aliphatic rings. The maximum absolute atomic E-state index is 14.2. The van der Waals surface area contributed by atoms with Crippen LogP contribution in [0.25, 0.3) is 11.3 Å². The van der Waals surface area contributed by atoms with Gasteiger partial charge >= 0.3 is 5.97 Å². The molecule has 9 heteroatoms. The summed E-state index contributed by atoms with van der Waals surface area (Å²) in [6, 6.07) is 11.6. The Labute approximate surface area is 196 Å². The molecule has 2 aromatic carbocycles. The number of aromatic nitrogens is 2. The van der Waals surface area contributed by atoms with Crippen LogP contribution < -0.4 is 11.1 Å². The molecule has 0 saturated carbocycles. The SMILES string of the molecule is CC(C)(C)OC(=O)C(C)(C)c1ccc(Nc2cc(-c3c(F)cccc3F)nnc2C(N)=O)cc1. The third-order valence-electron chi connectivity index (χ3n) is 5.04. The molecule has 0 aliphatic heterocycles. The van der Waals surface area contributed by atoms with Crippen LogP contribution in [0, 0.1) is 11.6 Å². The van der Waals surface area contributed by atoms with Crippen molar-refractivity contribution in [1.29, 1.82) is 0 Å². The number of amides is 1. The standard InChI is InChI=1S/C25H26F2N4O3/c1-24(2,3)34-23(33)25(4,5)14-9-11-15(12-10-14)29-19-13-18(30-31-21(19)22(28)32)20-16(26)7-6-8-17(20)27/h6-13H,1-5H3,(H2,28,32)(H,29,30). The van der Waals surface area contributed by atoms with Gasteiger partial charge in [-0.3, -0.25) is 9.59 Å². The second kappa shape index (κ2) is 9.17. The first kappa shape index (κ1) is 24.8. The third-order valence-corrected chi connectivity index (χ3v) is 5.04. The van der Waals surface area contributed by atoms with Crippen LogP contribution >= 0.6 is 0 Å². The van der Waals surface area contributed by atoms with E-state index in [2.05, 4.69) is 15.5 Å². The first-order valence-corrected chi connectivity index (χ1v) is 10.5. The largest absolute Gasteiger partial charge is 0.459 e. The van der Waals surface area contributed by atoms with Gasteiger partial charge in [-0.1, -0.05) is 18.2 Å². The molecule has 0 radical (unpaired) electrons. The number of anilines is 2. The fraction of sp³-hybridized carbons (Fsp3) is 0.280. The molecular formula is C25H26F2N4O3. The van der Waals surface area contributed by atoms with Crippen molar-refractivity contribution in [3.05, 3.63) is 71.4 Å². The number of esters is 1. The third kappa shape index (κ3) is 5.36. The van der Waals surface area contributed by atoms with Gasteiger partial charge in [0.25, 0.3) is 5.91 Å². The molecule has 0 spiro atoms. The molecular weight excluding hydrogens is 442 g/mol. The number of nitrogens with one attached hydrogen (secondary N) is 1. The fourth-order valence-electron chi connectivity index (χ4n) is 3.18. The number of nitrogens with two attached hydrogens (primary N) is 1. The number of rotatable bonds is 6. The van der Waals surface area contributed by atoms with Crippen LogP contribution in [0.4, 0.5) is 20.2 Å². The fourth-order valence-corrected chi connectivity index (χ4v) is 3.18. The number of primary amides is 1. The highest BCUT2D eigenvalue weighted by atomic mass is 19.1. The molecule has 34 heavy (non-hydrogen) atoms. The molecule has 178 valence electrons. The molecule has 3 N–H and O–H groups in total. The maximum atomic E-state index is 14.2. The normalized spacial score (nSPS) is 11.7. The molecule has 0 fully saturated rings. The lowest BCUT2D eigenvalue weighted by atomic mass is 9.84. The van der Waals surface area contributed by atoms with E-state index < -0.39 is 28.6 Å². The Morgan fingerprint density at radius 1 is 0.941 bits per heavy atom. The number of carbonyl (C=O) groups excluding carboxylic acids is 2. The molecule has 7 nitrogen and oxygen atoms in total. The summed E-state index contributed by atoms with van der Waals surface area (Å²) in [6.07, 6.45) is 0. The van der Waals surface area contributed by atoms with Crippen molar-refractivity contribution in [3.8, 4) is 11.3 Å². The monoisotopic (exact) mass is 468 g/mol. The van der Waals surface area contributed by atoms with Gasteiger partial charge in [0.15, 0.2) is 5.69 Å². The number of ether oxygens (including phenoxy) is 1. The van der Waals surface area contributed by atoms with E-state index in [1.165, 1.54) is 12.1 Å². The van der Waals surface area contributed by atoms with E-state index in [0.29, 0.717) is 11.3 Å². The minimum Gasteiger partial charge on any atom is -0.459 e. The summed E-state index contributed by atoms with van der Waals surface area (Å²) < 4.78 is 34.0. The Hall–Kier alpha value is -3.88. The van der Waals surface area contributed by atoms with Crippen molar-refractivity contribution in [2.45, 2.75) is 45.6 Å². The second-order valence-corrected chi connectivity index (χ2v) is 9.28. The highest BCUT2D eigenvalue weighted by Gasteiger charge is 2.34. The molecule has 0 saturated heterocycles. The number of benzene rings is 2. The van der Waals surface area contributed by atoms with Gasteiger partial charge in [0, 0.05) is 5.69 Å². The Morgan fingerprint density at radius 3 is 2.06 bits per heavy atom. The molecule has 3 aromatic rings. The maximum Gasteiger partial charge on any atom is 0.316 e. The summed E-state index contributed by atoms with van der Waals surface area (Å²) in [7, 11) is 0. The van der Waals surface area contributed by atoms with E-state index in [0.717, 1.165) is 12.1 Å².